The van der Waals surface area contributed by atoms with Crippen LogP contribution in [0.2, 0.25) is 0 Å². The molecule has 1 aromatic heterocycles. The minimum atomic E-state index is -0.216. The van der Waals surface area contributed by atoms with Crippen molar-refractivity contribution < 1.29 is 4.39 Å². The van der Waals surface area contributed by atoms with E-state index in [1.165, 1.54) is 31.2 Å². The van der Waals surface area contributed by atoms with E-state index in [1.54, 1.807) is 6.20 Å². The predicted molar refractivity (Wildman–Crippen MR) is 120 cm³/mol. The van der Waals surface area contributed by atoms with Crippen LogP contribution in [0.15, 0.2) is 79.0 Å². The second kappa shape index (κ2) is 9.00. The molecule has 4 aromatic rings. The molecule has 0 amide bonds. The van der Waals surface area contributed by atoms with Crippen LogP contribution in [0.1, 0.15) is 38.2 Å². The van der Waals surface area contributed by atoms with Gasteiger partial charge in [-0.15, -0.1) is 0 Å². The molecule has 1 heterocycles. The Morgan fingerprint density at radius 1 is 0.759 bits per heavy atom. The molecule has 0 N–H and O–H groups in total. The largest absolute Gasteiger partial charge is 0.255 e. The number of fused-ring (bicyclic) bond motifs is 1. The number of hydrogen-bond donors (Lipinski definition) is 0. The molecule has 4 rings (SSSR count). The summed E-state index contributed by atoms with van der Waals surface area (Å²) in [5.41, 5.74) is 4.08. The molecule has 29 heavy (non-hydrogen) atoms. The first-order valence-corrected chi connectivity index (χ1v) is 10.5. The Bertz CT molecular complexity index is 1090. The van der Waals surface area contributed by atoms with E-state index in [9.17, 15) is 0 Å². The van der Waals surface area contributed by atoms with Crippen LogP contribution in [0, 0.1) is 5.82 Å². The summed E-state index contributed by atoms with van der Waals surface area (Å²) < 4.78 is 15.5. The van der Waals surface area contributed by atoms with Gasteiger partial charge in [0.25, 0.3) is 0 Å². The molecule has 0 aliphatic heterocycles. The van der Waals surface area contributed by atoms with Crippen LogP contribution in [-0.4, -0.2) is 4.98 Å². The van der Waals surface area contributed by atoms with E-state index in [0.29, 0.717) is 16.8 Å². The van der Waals surface area contributed by atoms with Gasteiger partial charge in [0, 0.05) is 22.7 Å². The van der Waals surface area contributed by atoms with Gasteiger partial charge in [-0.1, -0.05) is 86.8 Å². The highest BCUT2D eigenvalue weighted by molar-refractivity contribution is 5.95. The molecule has 0 saturated carbocycles. The van der Waals surface area contributed by atoms with Crippen LogP contribution in [-0.2, 0) is 6.42 Å². The van der Waals surface area contributed by atoms with Gasteiger partial charge in [0.15, 0.2) is 0 Å². The van der Waals surface area contributed by atoms with Crippen molar-refractivity contribution in [3.63, 3.8) is 0 Å². The van der Waals surface area contributed by atoms with E-state index in [0.717, 1.165) is 22.8 Å². The highest BCUT2D eigenvalue weighted by Gasteiger charge is 2.14. The minimum absolute atomic E-state index is 0.216. The van der Waals surface area contributed by atoms with Crippen molar-refractivity contribution in [2.75, 3.05) is 0 Å². The van der Waals surface area contributed by atoms with Crippen molar-refractivity contribution in [3.8, 4) is 22.4 Å². The molecule has 0 saturated heterocycles. The average Bonchev–Trinajstić information content (AvgIpc) is 2.77. The van der Waals surface area contributed by atoms with E-state index < -0.39 is 0 Å². The Morgan fingerprint density at radius 2 is 1.55 bits per heavy atom. The topological polar surface area (TPSA) is 12.9 Å². The number of rotatable bonds is 7. The fraction of sp³-hybridized carbons (Fsp3) is 0.222. The summed E-state index contributed by atoms with van der Waals surface area (Å²) in [7, 11) is 0. The van der Waals surface area contributed by atoms with E-state index >= 15 is 4.39 Å². The zero-order chi connectivity index (χ0) is 20.1. The Balaban J connectivity index is 1.65. The van der Waals surface area contributed by atoms with Crippen molar-refractivity contribution in [3.05, 3.63) is 90.4 Å². The third kappa shape index (κ3) is 4.22. The smallest absolute Gasteiger partial charge is 0.140 e. The summed E-state index contributed by atoms with van der Waals surface area (Å²) >= 11 is 0. The van der Waals surface area contributed by atoms with E-state index in [1.807, 2.05) is 60.7 Å². The maximum atomic E-state index is 15.5. The van der Waals surface area contributed by atoms with Gasteiger partial charge in [0.2, 0.25) is 0 Å². The summed E-state index contributed by atoms with van der Waals surface area (Å²) in [6.07, 6.45) is 7.86. The van der Waals surface area contributed by atoms with Crippen LogP contribution in [0.5, 0.6) is 0 Å². The molecule has 0 atom stereocenters. The number of nitrogens with zero attached hydrogens (tertiary/aromatic N) is 1. The standard InChI is InChI=1S/C27H26FN/c1-2-3-4-5-9-20-14-16-22(17-15-20)23-12-8-13-25(26(23)28)27-24-11-7-6-10-21(24)18-19-29-27/h6-8,10-19H,2-5,9H2,1H3. The lowest BCUT2D eigenvalue weighted by molar-refractivity contribution is 0.634. The van der Waals surface area contributed by atoms with Gasteiger partial charge in [-0.3, -0.25) is 4.98 Å². The molecular formula is C27H26FN. The molecule has 0 fully saturated rings. The number of halogens is 1. The van der Waals surface area contributed by atoms with Gasteiger partial charge in [0.1, 0.15) is 5.82 Å². The van der Waals surface area contributed by atoms with Crippen molar-refractivity contribution in [2.45, 2.75) is 39.0 Å². The molecule has 146 valence electrons. The van der Waals surface area contributed by atoms with Crippen LogP contribution < -0.4 is 0 Å². The summed E-state index contributed by atoms with van der Waals surface area (Å²) in [5.74, 6) is -0.216. The lowest BCUT2D eigenvalue weighted by Crippen LogP contribution is -1.93. The molecule has 2 heteroatoms. The first-order chi connectivity index (χ1) is 14.3. The third-order valence-electron chi connectivity index (χ3n) is 5.51. The first kappa shape index (κ1) is 19.3. The number of benzene rings is 3. The third-order valence-corrected chi connectivity index (χ3v) is 5.51. The molecule has 0 aliphatic rings. The molecule has 0 unspecified atom stereocenters. The van der Waals surface area contributed by atoms with Crippen LogP contribution in [0.25, 0.3) is 33.2 Å². The van der Waals surface area contributed by atoms with Gasteiger partial charge < -0.3 is 0 Å². The summed E-state index contributed by atoms with van der Waals surface area (Å²) in [6, 6.07) is 23.8. The molecule has 0 radical (unpaired) electrons. The van der Waals surface area contributed by atoms with Gasteiger partial charge in [-0.2, -0.15) is 0 Å². The minimum Gasteiger partial charge on any atom is -0.255 e. The SMILES string of the molecule is CCCCCCc1ccc(-c2cccc(-c3nccc4ccccc34)c2F)cc1. The number of aryl methyl sites for hydroxylation is 1. The van der Waals surface area contributed by atoms with Crippen molar-refractivity contribution in [1.82, 2.24) is 4.98 Å². The van der Waals surface area contributed by atoms with Crippen molar-refractivity contribution in [1.29, 1.82) is 0 Å². The van der Waals surface area contributed by atoms with Gasteiger partial charge in [0.05, 0.1) is 5.69 Å². The molecule has 1 nitrogen and oxygen atoms in total. The van der Waals surface area contributed by atoms with Gasteiger partial charge in [-0.05, 0) is 41.5 Å². The normalized spacial score (nSPS) is 11.1. The monoisotopic (exact) mass is 383 g/mol. The predicted octanol–water partition coefficient (Wildman–Crippen LogP) is 7.83. The number of pyridine rings is 1. The first-order valence-electron chi connectivity index (χ1n) is 10.5. The lowest BCUT2D eigenvalue weighted by Gasteiger charge is -2.11. The molecule has 0 aliphatic carbocycles. The molecule has 0 bridgehead atoms. The summed E-state index contributed by atoms with van der Waals surface area (Å²) in [4.78, 5) is 4.50. The lowest BCUT2D eigenvalue weighted by atomic mass is 9.96. The Labute approximate surface area is 172 Å². The van der Waals surface area contributed by atoms with Crippen molar-refractivity contribution in [2.24, 2.45) is 0 Å². The number of aromatic nitrogens is 1. The average molecular weight is 384 g/mol. The highest BCUT2D eigenvalue weighted by atomic mass is 19.1. The molecule has 3 aromatic carbocycles. The van der Waals surface area contributed by atoms with Crippen LogP contribution in [0.4, 0.5) is 4.39 Å². The second-order valence-corrected chi connectivity index (χ2v) is 7.56. The summed E-state index contributed by atoms with van der Waals surface area (Å²) in [5, 5.41) is 2.03. The van der Waals surface area contributed by atoms with E-state index in [-0.39, 0.29) is 5.82 Å². The molecular weight excluding hydrogens is 357 g/mol. The van der Waals surface area contributed by atoms with Crippen LogP contribution >= 0.6 is 0 Å². The Kier molecular flexibility index (Phi) is 6.00. The second-order valence-electron chi connectivity index (χ2n) is 7.56. The van der Waals surface area contributed by atoms with Gasteiger partial charge in [-0.25, -0.2) is 4.39 Å². The maximum absolute atomic E-state index is 15.5. The van der Waals surface area contributed by atoms with Crippen molar-refractivity contribution >= 4 is 10.8 Å². The maximum Gasteiger partial charge on any atom is 0.140 e. The van der Waals surface area contributed by atoms with Gasteiger partial charge >= 0.3 is 0 Å². The zero-order valence-corrected chi connectivity index (χ0v) is 16.9. The van der Waals surface area contributed by atoms with E-state index in [2.05, 4.69) is 24.0 Å². The fourth-order valence-corrected chi connectivity index (χ4v) is 3.88. The summed E-state index contributed by atoms with van der Waals surface area (Å²) in [6.45, 7) is 2.23. The van der Waals surface area contributed by atoms with E-state index in [4.69, 9.17) is 0 Å². The number of hydrogen-bond acceptors (Lipinski definition) is 1. The fourth-order valence-electron chi connectivity index (χ4n) is 3.88. The Hall–Kier alpha value is -3.00. The van der Waals surface area contributed by atoms with Crippen LogP contribution in [0.3, 0.4) is 0 Å². The quantitative estimate of drug-likeness (QED) is 0.296. The molecule has 0 spiro atoms. The highest BCUT2D eigenvalue weighted by Crippen LogP contribution is 2.33. The zero-order valence-electron chi connectivity index (χ0n) is 16.9. The Morgan fingerprint density at radius 3 is 2.38 bits per heavy atom. The number of unbranched alkanes of at least 4 members (excludes halogenated alkanes) is 3.